The van der Waals surface area contributed by atoms with Crippen molar-refractivity contribution in [3.05, 3.63) is 28.8 Å². The fourth-order valence-electron chi connectivity index (χ4n) is 1.61. The lowest BCUT2D eigenvalue weighted by molar-refractivity contribution is 0.568. The first-order chi connectivity index (χ1) is 8.76. The van der Waals surface area contributed by atoms with Crippen molar-refractivity contribution in [1.82, 2.24) is 9.97 Å². The summed E-state index contributed by atoms with van der Waals surface area (Å²) in [5, 5.41) is 3.31. The average Bonchev–Trinajstić information content (AvgIpc) is 2.91. The predicted octanol–water partition coefficient (Wildman–Crippen LogP) is 3.88. The zero-order valence-corrected chi connectivity index (χ0v) is 12.1. The maximum absolute atomic E-state index is 5.08. The number of aryl methyl sites for hydroxylation is 1. The van der Waals surface area contributed by atoms with Crippen LogP contribution in [-0.2, 0) is 6.42 Å². The Morgan fingerprint density at radius 2 is 2.17 bits per heavy atom. The largest absolute Gasteiger partial charge is 0.472 e. The topological polar surface area (TPSA) is 51.0 Å². The second kappa shape index (κ2) is 6.00. The fraction of sp³-hybridized carbons (Fsp3) is 0.385. The maximum Gasteiger partial charge on any atom is 0.165 e. The molecule has 0 atom stereocenters. The normalized spacial score (nSPS) is 10.6. The molecule has 0 spiro atoms. The highest BCUT2D eigenvalue weighted by atomic mass is 79.9. The van der Waals surface area contributed by atoms with Crippen molar-refractivity contribution in [2.24, 2.45) is 0 Å². The van der Waals surface area contributed by atoms with Crippen LogP contribution in [0.25, 0.3) is 11.4 Å². The summed E-state index contributed by atoms with van der Waals surface area (Å²) in [5.41, 5.74) is 1.90. The third-order valence-electron chi connectivity index (χ3n) is 2.58. The van der Waals surface area contributed by atoms with Gasteiger partial charge < -0.3 is 9.73 Å². The maximum atomic E-state index is 5.08. The van der Waals surface area contributed by atoms with Gasteiger partial charge in [-0.15, -0.1) is 0 Å². The highest BCUT2D eigenvalue weighted by Crippen LogP contribution is 2.27. The Balaban J connectivity index is 2.42. The lowest BCUT2D eigenvalue weighted by Gasteiger charge is -2.11. The first-order valence-electron chi connectivity index (χ1n) is 6.09. The number of hydrogen-bond donors (Lipinski definition) is 1. The summed E-state index contributed by atoms with van der Waals surface area (Å²) in [7, 11) is 0. The van der Waals surface area contributed by atoms with Crippen LogP contribution in [0.3, 0.4) is 0 Å². The van der Waals surface area contributed by atoms with Crippen LogP contribution in [0, 0.1) is 0 Å². The van der Waals surface area contributed by atoms with Gasteiger partial charge in [-0.2, -0.15) is 0 Å². The van der Waals surface area contributed by atoms with E-state index in [1.807, 2.05) is 6.07 Å². The van der Waals surface area contributed by atoms with Crippen molar-refractivity contribution in [2.45, 2.75) is 26.7 Å². The molecule has 2 heterocycles. The summed E-state index contributed by atoms with van der Waals surface area (Å²) in [6.45, 7) is 5.10. The third kappa shape index (κ3) is 2.72. The van der Waals surface area contributed by atoms with Crippen molar-refractivity contribution in [1.29, 1.82) is 0 Å². The van der Waals surface area contributed by atoms with Gasteiger partial charge in [-0.1, -0.05) is 13.8 Å². The van der Waals surface area contributed by atoms with Crippen molar-refractivity contribution in [3.63, 3.8) is 0 Å². The molecule has 0 aromatic carbocycles. The molecule has 5 heteroatoms. The summed E-state index contributed by atoms with van der Waals surface area (Å²) in [6, 6.07) is 1.87. The predicted molar refractivity (Wildman–Crippen MR) is 75.6 cm³/mol. The van der Waals surface area contributed by atoms with Gasteiger partial charge in [0.25, 0.3) is 0 Å². The molecule has 2 aromatic heterocycles. The quantitative estimate of drug-likeness (QED) is 0.910. The molecule has 18 heavy (non-hydrogen) atoms. The lowest BCUT2D eigenvalue weighted by atomic mass is 10.2. The molecule has 0 amide bonds. The molecule has 0 aliphatic rings. The number of rotatable bonds is 5. The van der Waals surface area contributed by atoms with Crippen LogP contribution in [0.15, 0.2) is 27.5 Å². The zero-order valence-electron chi connectivity index (χ0n) is 10.5. The van der Waals surface area contributed by atoms with E-state index in [1.165, 1.54) is 0 Å². The average molecular weight is 310 g/mol. The van der Waals surface area contributed by atoms with Gasteiger partial charge in [0.15, 0.2) is 5.82 Å². The zero-order chi connectivity index (χ0) is 13.0. The fourth-order valence-corrected chi connectivity index (χ4v) is 2.21. The highest BCUT2D eigenvalue weighted by Gasteiger charge is 2.12. The third-order valence-corrected chi connectivity index (χ3v) is 3.41. The Labute approximate surface area is 115 Å². The molecule has 96 valence electrons. The molecule has 0 radical (unpaired) electrons. The Morgan fingerprint density at radius 1 is 1.33 bits per heavy atom. The number of nitrogens with one attached hydrogen (secondary N) is 1. The Morgan fingerprint density at radius 3 is 2.78 bits per heavy atom. The molecule has 4 nitrogen and oxygen atoms in total. The monoisotopic (exact) mass is 309 g/mol. The molecule has 0 aliphatic carbocycles. The van der Waals surface area contributed by atoms with Crippen LogP contribution in [0.5, 0.6) is 0 Å². The molecule has 1 N–H and O–H groups in total. The van der Waals surface area contributed by atoms with Gasteiger partial charge in [0.2, 0.25) is 0 Å². The number of hydrogen-bond acceptors (Lipinski definition) is 4. The van der Waals surface area contributed by atoms with Gasteiger partial charge in [0, 0.05) is 6.54 Å². The molecule has 0 saturated heterocycles. The van der Waals surface area contributed by atoms with E-state index in [0.717, 1.165) is 40.9 Å². The van der Waals surface area contributed by atoms with Crippen LogP contribution in [0.4, 0.5) is 5.82 Å². The van der Waals surface area contributed by atoms with Crippen LogP contribution in [-0.4, -0.2) is 16.5 Å². The molecule has 0 aliphatic heterocycles. The first-order valence-corrected chi connectivity index (χ1v) is 6.88. The number of aromatic nitrogens is 2. The minimum atomic E-state index is 0.697. The van der Waals surface area contributed by atoms with Gasteiger partial charge in [-0.3, -0.25) is 0 Å². The van der Waals surface area contributed by atoms with Gasteiger partial charge in [0.1, 0.15) is 12.1 Å². The SMILES string of the molecule is CCCNc1nc(-c2ccoc2)nc(CC)c1Br. The van der Waals surface area contributed by atoms with Gasteiger partial charge >= 0.3 is 0 Å². The van der Waals surface area contributed by atoms with Gasteiger partial charge in [0.05, 0.1) is 22.0 Å². The van der Waals surface area contributed by atoms with E-state index in [-0.39, 0.29) is 0 Å². The van der Waals surface area contributed by atoms with Gasteiger partial charge in [-0.05, 0) is 34.8 Å². The lowest BCUT2D eigenvalue weighted by Crippen LogP contribution is -2.07. The molecular formula is C13H16BrN3O. The van der Waals surface area contributed by atoms with Crippen LogP contribution in [0.1, 0.15) is 26.0 Å². The van der Waals surface area contributed by atoms with Crippen LogP contribution >= 0.6 is 15.9 Å². The molecule has 0 fully saturated rings. The minimum absolute atomic E-state index is 0.697. The van der Waals surface area contributed by atoms with E-state index in [2.05, 4.69) is 45.1 Å². The Bertz CT molecular complexity index is 511. The van der Waals surface area contributed by atoms with E-state index >= 15 is 0 Å². The van der Waals surface area contributed by atoms with Crippen molar-refractivity contribution in [2.75, 3.05) is 11.9 Å². The number of furan rings is 1. The molecule has 0 unspecified atom stereocenters. The van der Waals surface area contributed by atoms with Crippen LogP contribution < -0.4 is 5.32 Å². The molecule has 2 aromatic rings. The van der Waals surface area contributed by atoms with E-state index < -0.39 is 0 Å². The number of halogens is 1. The summed E-state index contributed by atoms with van der Waals surface area (Å²) in [6.07, 6.45) is 5.20. The summed E-state index contributed by atoms with van der Waals surface area (Å²) in [4.78, 5) is 9.08. The van der Waals surface area contributed by atoms with Gasteiger partial charge in [-0.25, -0.2) is 9.97 Å². The standard InChI is InChI=1S/C13H16BrN3O/c1-3-6-15-13-11(14)10(4-2)16-12(17-13)9-5-7-18-8-9/h5,7-8H,3-4,6H2,1-2H3,(H,15,16,17). The smallest absolute Gasteiger partial charge is 0.165 e. The summed E-state index contributed by atoms with van der Waals surface area (Å²) >= 11 is 3.56. The van der Waals surface area contributed by atoms with E-state index in [1.54, 1.807) is 12.5 Å². The van der Waals surface area contributed by atoms with Crippen LogP contribution in [0.2, 0.25) is 0 Å². The summed E-state index contributed by atoms with van der Waals surface area (Å²) in [5.74, 6) is 1.54. The second-order valence-electron chi connectivity index (χ2n) is 3.95. The number of nitrogens with zero attached hydrogens (tertiary/aromatic N) is 2. The Kier molecular flexibility index (Phi) is 4.36. The van der Waals surface area contributed by atoms with E-state index in [0.29, 0.717) is 5.82 Å². The Hall–Kier alpha value is -1.36. The minimum Gasteiger partial charge on any atom is -0.472 e. The number of anilines is 1. The molecule has 2 rings (SSSR count). The van der Waals surface area contributed by atoms with Crippen molar-refractivity contribution in [3.8, 4) is 11.4 Å². The second-order valence-corrected chi connectivity index (χ2v) is 4.74. The van der Waals surface area contributed by atoms with E-state index in [9.17, 15) is 0 Å². The summed E-state index contributed by atoms with van der Waals surface area (Å²) < 4.78 is 6.03. The molecular weight excluding hydrogens is 294 g/mol. The van der Waals surface area contributed by atoms with E-state index in [4.69, 9.17) is 4.42 Å². The first kappa shape index (κ1) is 13.1. The molecule has 0 saturated carbocycles. The highest BCUT2D eigenvalue weighted by molar-refractivity contribution is 9.10. The van der Waals surface area contributed by atoms with Crippen molar-refractivity contribution >= 4 is 21.7 Å². The van der Waals surface area contributed by atoms with Crippen molar-refractivity contribution < 1.29 is 4.42 Å². The molecule has 0 bridgehead atoms.